The van der Waals surface area contributed by atoms with Crippen molar-refractivity contribution in [1.29, 1.82) is 10.5 Å². The van der Waals surface area contributed by atoms with Crippen molar-refractivity contribution in [2.45, 2.75) is 37.6 Å². The van der Waals surface area contributed by atoms with Crippen LogP contribution in [0.3, 0.4) is 0 Å². The first-order chi connectivity index (χ1) is 15.1. The molecule has 0 aliphatic carbocycles. The highest BCUT2D eigenvalue weighted by atomic mass is 32.2. The lowest BCUT2D eigenvalue weighted by atomic mass is 10.0. The van der Waals surface area contributed by atoms with E-state index in [2.05, 4.69) is 54.0 Å². The molecule has 0 bridgehead atoms. The van der Waals surface area contributed by atoms with Gasteiger partial charge in [-0.3, -0.25) is 4.79 Å². The minimum atomic E-state index is -0.0915. The van der Waals surface area contributed by atoms with Crippen molar-refractivity contribution in [3.05, 3.63) is 52.1 Å². The number of nitrogens with zero attached hydrogens (tertiary/aromatic N) is 4. The van der Waals surface area contributed by atoms with Gasteiger partial charge in [-0.15, -0.1) is 11.8 Å². The summed E-state index contributed by atoms with van der Waals surface area (Å²) in [4.78, 5) is 18.4. The lowest BCUT2D eigenvalue weighted by Crippen LogP contribution is -2.48. The van der Waals surface area contributed by atoms with Crippen LogP contribution in [0.1, 0.15) is 41.7 Å². The van der Waals surface area contributed by atoms with Gasteiger partial charge in [-0.25, -0.2) is 4.98 Å². The molecule has 2 N–H and O–H groups in total. The SMILES string of the molecule is CCNCc1ccc(CSc2nc(N3CCNC(=O)C3)c(C#N)c(CC)c2C#N)cc1. The Morgan fingerprint density at radius 3 is 2.48 bits per heavy atom. The van der Waals surface area contributed by atoms with Crippen molar-refractivity contribution in [2.24, 2.45) is 0 Å². The van der Waals surface area contributed by atoms with Gasteiger partial charge in [0, 0.05) is 25.4 Å². The smallest absolute Gasteiger partial charge is 0.239 e. The molecule has 0 saturated carbocycles. The number of anilines is 1. The monoisotopic (exact) mass is 434 g/mol. The normalized spacial score (nSPS) is 13.4. The molecule has 1 fully saturated rings. The molecule has 8 heteroatoms. The Hall–Kier alpha value is -3.07. The van der Waals surface area contributed by atoms with E-state index in [1.807, 2.05) is 11.8 Å². The Bertz CT molecular complexity index is 1020. The number of pyridine rings is 1. The molecule has 2 heterocycles. The number of thioether (sulfide) groups is 1. The first kappa shape index (κ1) is 22.6. The van der Waals surface area contributed by atoms with Gasteiger partial charge in [0.1, 0.15) is 23.0 Å². The number of hydrogen-bond donors (Lipinski definition) is 2. The number of piperazine rings is 1. The van der Waals surface area contributed by atoms with E-state index in [1.54, 1.807) is 0 Å². The van der Waals surface area contributed by atoms with Crippen LogP contribution in [0.25, 0.3) is 0 Å². The maximum Gasteiger partial charge on any atom is 0.239 e. The predicted octanol–water partition coefficient (Wildman–Crippen LogP) is 2.73. The number of rotatable bonds is 8. The molecule has 1 aromatic heterocycles. The van der Waals surface area contributed by atoms with Gasteiger partial charge in [0.05, 0.1) is 17.7 Å². The topological polar surface area (TPSA) is 105 Å². The van der Waals surface area contributed by atoms with Gasteiger partial charge in [0.25, 0.3) is 0 Å². The van der Waals surface area contributed by atoms with E-state index in [1.165, 1.54) is 17.3 Å². The van der Waals surface area contributed by atoms with E-state index in [-0.39, 0.29) is 12.5 Å². The summed E-state index contributed by atoms with van der Waals surface area (Å²) in [5.41, 5.74) is 3.91. The molecular weight excluding hydrogens is 408 g/mol. The van der Waals surface area contributed by atoms with E-state index in [4.69, 9.17) is 4.98 Å². The minimum Gasteiger partial charge on any atom is -0.353 e. The van der Waals surface area contributed by atoms with Crippen molar-refractivity contribution < 1.29 is 4.79 Å². The molecule has 7 nitrogen and oxygen atoms in total. The van der Waals surface area contributed by atoms with Crippen LogP contribution in [0.4, 0.5) is 5.82 Å². The summed E-state index contributed by atoms with van der Waals surface area (Å²) in [6.07, 6.45) is 0.550. The van der Waals surface area contributed by atoms with Crippen molar-refractivity contribution in [3.63, 3.8) is 0 Å². The lowest BCUT2D eigenvalue weighted by molar-refractivity contribution is -0.120. The summed E-state index contributed by atoms with van der Waals surface area (Å²) >= 11 is 1.49. The zero-order chi connectivity index (χ0) is 22.2. The van der Waals surface area contributed by atoms with Crippen LogP contribution in [0.15, 0.2) is 29.3 Å². The highest BCUT2D eigenvalue weighted by molar-refractivity contribution is 7.98. The van der Waals surface area contributed by atoms with E-state index >= 15 is 0 Å². The molecular formula is C23H26N6OS. The molecule has 1 amide bonds. The second-order valence-corrected chi connectivity index (χ2v) is 8.17. The van der Waals surface area contributed by atoms with Gasteiger partial charge in [-0.2, -0.15) is 10.5 Å². The zero-order valence-corrected chi connectivity index (χ0v) is 18.7. The summed E-state index contributed by atoms with van der Waals surface area (Å²) in [5.74, 6) is 1.07. The predicted molar refractivity (Wildman–Crippen MR) is 122 cm³/mol. The maximum absolute atomic E-state index is 11.9. The third-order valence-electron chi connectivity index (χ3n) is 5.14. The molecule has 1 aliphatic rings. The number of benzene rings is 1. The Morgan fingerprint density at radius 1 is 1.16 bits per heavy atom. The van der Waals surface area contributed by atoms with Crippen molar-refractivity contribution in [3.8, 4) is 12.1 Å². The van der Waals surface area contributed by atoms with Gasteiger partial charge in [-0.05, 0) is 29.7 Å². The minimum absolute atomic E-state index is 0.0915. The van der Waals surface area contributed by atoms with Crippen LogP contribution in [0.5, 0.6) is 0 Å². The largest absolute Gasteiger partial charge is 0.353 e. The number of nitrogens with one attached hydrogen (secondary N) is 2. The Labute approximate surface area is 187 Å². The van der Waals surface area contributed by atoms with Crippen LogP contribution < -0.4 is 15.5 Å². The molecule has 0 radical (unpaired) electrons. The van der Waals surface area contributed by atoms with E-state index < -0.39 is 0 Å². The number of nitriles is 2. The number of aromatic nitrogens is 1. The van der Waals surface area contributed by atoms with Crippen LogP contribution in [-0.2, 0) is 23.5 Å². The van der Waals surface area contributed by atoms with E-state index in [0.29, 0.717) is 52.8 Å². The number of carbonyl (C=O) groups excluding carboxylic acids is 1. The maximum atomic E-state index is 11.9. The van der Waals surface area contributed by atoms with E-state index in [9.17, 15) is 15.3 Å². The average molecular weight is 435 g/mol. The van der Waals surface area contributed by atoms with Gasteiger partial charge in [-0.1, -0.05) is 38.1 Å². The first-order valence-corrected chi connectivity index (χ1v) is 11.4. The number of carbonyl (C=O) groups is 1. The summed E-state index contributed by atoms with van der Waals surface area (Å²) in [7, 11) is 0. The van der Waals surface area contributed by atoms with Crippen molar-refractivity contribution in [2.75, 3.05) is 31.1 Å². The first-order valence-electron chi connectivity index (χ1n) is 10.4. The highest BCUT2D eigenvalue weighted by Crippen LogP contribution is 2.33. The third kappa shape index (κ3) is 5.35. The van der Waals surface area contributed by atoms with Gasteiger partial charge < -0.3 is 15.5 Å². The fraction of sp³-hybridized carbons (Fsp3) is 0.391. The molecule has 0 spiro atoms. The molecule has 2 aromatic rings. The standard InChI is InChI=1S/C23H26N6OS/c1-3-18-19(11-24)22(29-10-9-27-21(30)14-29)28-23(20(18)12-25)31-15-17-7-5-16(6-8-17)13-26-4-2/h5-8,26H,3-4,9-10,13-15H2,1-2H3,(H,27,30). The third-order valence-corrected chi connectivity index (χ3v) is 6.19. The summed E-state index contributed by atoms with van der Waals surface area (Å²) in [5, 5.41) is 26.3. The number of hydrogen-bond acceptors (Lipinski definition) is 7. The fourth-order valence-electron chi connectivity index (χ4n) is 3.51. The van der Waals surface area contributed by atoms with Crippen LogP contribution >= 0.6 is 11.8 Å². The second kappa shape index (κ2) is 10.8. The molecule has 1 saturated heterocycles. The van der Waals surface area contributed by atoms with Gasteiger partial charge in [0.2, 0.25) is 5.91 Å². The van der Waals surface area contributed by atoms with Crippen LogP contribution in [-0.4, -0.2) is 37.1 Å². The quantitative estimate of drug-likeness (QED) is 0.616. The summed E-state index contributed by atoms with van der Waals surface area (Å²) in [6, 6.07) is 12.9. The molecule has 1 aromatic carbocycles. The Morgan fingerprint density at radius 2 is 1.87 bits per heavy atom. The molecule has 0 atom stereocenters. The van der Waals surface area contributed by atoms with Crippen molar-refractivity contribution >= 4 is 23.5 Å². The van der Waals surface area contributed by atoms with Crippen LogP contribution in [0.2, 0.25) is 0 Å². The molecule has 1 aliphatic heterocycles. The summed E-state index contributed by atoms with van der Waals surface area (Å²) < 4.78 is 0. The molecule has 31 heavy (non-hydrogen) atoms. The second-order valence-electron chi connectivity index (χ2n) is 7.20. The Balaban J connectivity index is 1.90. The summed E-state index contributed by atoms with van der Waals surface area (Å²) in [6.45, 7) is 7.03. The lowest BCUT2D eigenvalue weighted by Gasteiger charge is -2.29. The number of amides is 1. The molecule has 160 valence electrons. The zero-order valence-electron chi connectivity index (χ0n) is 17.9. The Kier molecular flexibility index (Phi) is 7.88. The van der Waals surface area contributed by atoms with Crippen LogP contribution in [0, 0.1) is 22.7 Å². The highest BCUT2D eigenvalue weighted by Gasteiger charge is 2.25. The fourth-order valence-corrected chi connectivity index (χ4v) is 4.47. The van der Waals surface area contributed by atoms with Gasteiger partial charge >= 0.3 is 0 Å². The molecule has 3 rings (SSSR count). The van der Waals surface area contributed by atoms with E-state index in [0.717, 1.165) is 18.7 Å². The average Bonchev–Trinajstić information content (AvgIpc) is 2.80. The molecule has 0 unspecified atom stereocenters. The van der Waals surface area contributed by atoms with Crippen molar-refractivity contribution in [1.82, 2.24) is 15.6 Å². The van der Waals surface area contributed by atoms with Gasteiger partial charge in [0.15, 0.2) is 0 Å².